The molecule has 1 aromatic rings. The molecule has 0 fully saturated rings. The smallest absolute Gasteiger partial charge is 0.258 e. The maximum absolute atomic E-state index is 12.6. The SMILES string of the molecule is O=[N+]([O-])c1cc(CBr)cc(C(F)(F)F)c1C(F)(F)F. The molecule has 0 spiro atoms. The molecule has 0 bridgehead atoms. The lowest BCUT2D eigenvalue weighted by Gasteiger charge is -2.16. The molecule has 0 N–H and O–H groups in total. The van der Waals surface area contributed by atoms with Crippen LogP contribution in [0.1, 0.15) is 16.7 Å². The van der Waals surface area contributed by atoms with E-state index in [4.69, 9.17) is 0 Å². The van der Waals surface area contributed by atoms with E-state index in [1.807, 2.05) is 0 Å². The maximum Gasteiger partial charge on any atom is 0.423 e. The van der Waals surface area contributed by atoms with E-state index < -0.39 is 34.1 Å². The van der Waals surface area contributed by atoms with Gasteiger partial charge in [0.05, 0.1) is 10.5 Å². The third kappa shape index (κ3) is 3.37. The second-order valence-corrected chi connectivity index (χ2v) is 3.98. The quantitative estimate of drug-likeness (QED) is 0.340. The van der Waals surface area contributed by atoms with Gasteiger partial charge in [-0.15, -0.1) is 0 Å². The number of nitrogens with zero attached hydrogens (tertiary/aromatic N) is 1. The van der Waals surface area contributed by atoms with E-state index in [2.05, 4.69) is 15.9 Å². The first-order valence-electron chi connectivity index (χ1n) is 4.50. The van der Waals surface area contributed by atoms with Crippen LogP contribution in [0.2, 0.25) is 0 Å². The summed E-state index contributed by atoms with van der Waals surface area (Å²) in [7, 11) is 0. The van der Waals surface area contributed by atoms with Crippen molar-refractivity contribution in [2.24, 2.45) is 0 Å². The lowest BCUT2D eigenvalue weighted by Crippen LogP contribution is -2.19. The minimum absolute atomic E-state index is 0.241. The number of hydrogen-bond donors (Lipinski definition) is 0. The van der Waals surface area contributed by atoms with Crippen molar-refractivity contribution >= 4 is 21.6 Å². The Morgan fingerprint density at radius 2 is 1.63 bits per heavy atom. The Balaban J connectivity index is 3.77. The number of rotatable bonds is 2. The first-order valence-corrected chi connectivity index (χ1v) is 5.62. The highest BCUT2D eigenvalue weighted by Gasteiger charge is 2.48. The molecular formula is C9H4BrF6NO2. The predicted octanol–water partition coefficient (Wildman–Crippen LogP) is 4.53. The molecule has 106 valence electrons. The van der Waals surface area contributed by atoms with Crippen LogP contribution in [0.3, 0.4) is 0 Å². The molecule has 1 aromatic carbocycles. The lowest BCUT2D eigenvalue weighted by atomic mass is 10.0. The van der Waals surface area contributed by atoms with Crippen LogP contribution in [0, 0.1) is 10.1 Å². The van der Waals surface area contributed by atoms with Gasteiger partial charge in [0.1, 0.15) is 5.56 Å². The van der Waals surface area contributed by atoms with Gasteiger partial charge in [-0.2, -0.15) is 26.3 Å². The summed E-state index contributed by atoms with van der Waals surface area (Å²) in [6.45, 7) is 0. The van der Waals surface area contributed by atoms with E-state index in [0.29, 0.717) is 6.07 Å². The average Bonchev–Trinajstić information content (AvgIpc) is 2.24. The average molecular weight is 352 g/mol. The van der Waals surface area contributed by atoms with Gasteiger partial charge in [0.2, 0.25) is 0 Å². The number of alkyl halides is 7. The Morgan fingerprint density at radius 3 is 1.95 bits per heavy atom. The molecule has 3 nitrogen and oxygen atoms in total. The van der Waals surface area contributed by atoms with Gasteiger partial charge in [-0.1, -0.05) is 15.9 Å². The van der Waals surface area contributed by atoms with Crippen molar-refractivity contribution in [3.63, 3.8) is 0 Å². The first kappa shape index (κ1) is 15.7. The van der Waals surface area contributed by atoms with E-state index in [0.717, 1.165) is 0 Å². The Labute approximate surface area is 110 Å². The highest BCUT2D eigenvalue weighted by molar-refractivity contribution is 9.08. The summed E-state index contributed by atoms with van der Waals surface area (Å²) in [6, 6.07) is 0.706. The number of nitro groups is 1. The summed E-state index contributed by atoms with van der Waals surface area (Å²) in [5.41, 5.74) is -6.23. The van der Waals surface area contributed by atoms with Crippen molar-refractivity contribution in [2.45, 2.75) is 17.7 Å². The van der Waals surface area contributed by atoms with Crippen LogP contribution >= 0.6 is 15.9 Å². The zero-order valence-corrected chi connectivity index (χ0v) is 10.4. The summed E-state index contributed by atoms with van der Waals surface area (Å²) < 4.78 is 75.7. The predicted molar refractivity (Wildman–Crippen MR) is 55.7 cm³/mol. The van der Waals surface area contributed by atoms with Gasteiger partial charge in [-0.3, -0.25) is 10.1 Å². The molecule has 0 aliphatic rings. The zero-order valence-electron chi connectivity index (χ0n) is 8.77. The monoisotopic (exact) mass is 351 g/mol. The lowest BCUT2D eigenvalue weighted by molar-refractivity contribution is -0.388. The van der Waals surface area contributed by atoms with Gasteiger partial charge in [0.15, 0.2) is 0 Å². The summed E-state index contributed by atoms with van der Waals surface area (Å²) in [6.07, 6.45) is -10.8. The van der Waals surface area contributed by atoms with Crippen LogP contribution in [0.4, 0.5) is 32.0 Å². The summed E-state index contributed by atoms with van der Waals surface area (Å²) >= 11 is 2.75. The molecule has 0 aromatic heterocycles. The Morgan fingerprint density at radius 1 is 1.11 bits per heavy atom. The van der Waals surface area contributed by atoms with Crippen LogP contribution < -0.4 is 0 Å². The van der Waals surface area contributed by atoms with Crippen molar-refractivity contribution in [2.75, 3.05) is 0 Å². The van der Waals surface area contributed by atoms with Gasteiger partial charge >= 0.3 is 12.4 Å². The topological polar surface area (TPSA) is 43.1 Å². The minimum atomic E-state index is -5.47. The van der Waals surface area contributed by atoms with Gasteiger partial charge in [0.25, 0.3) is 5.69 Å². The van der Waals surface area contributed by atoms with Crippen molar-refractivity contribution in [1.29, 1.82) is 0 Å². The highest BCUT2D eigenvalue weighted by Crippen LogP contribution is 2.45. The molecule has 0 heterocycles. The van der Waals surface area contributed by atoms with Crippen LogP contribution in [-0.4, -0.2) is 4.92 Å². The highest BCUT2D eigenvalue weighted by atomic mass is 79.9. The van der Waals surface area contributed by atoms with Crippen molar-refractivity contribution in [3.05, 3.63) is 38.9 Å². The molecule has 0 amide bonds. The van der Waals surface area contributed by atoms with Crippen molar-refractivity contribution < 1.29 is 31.3 Å². The van der Waals surface area contributed by atoms with E-state index in [9.17, 15) is 36.5 Å². The van der Waals surface area contributed by atoms with Crippen molar-refractivity contribution in [3.8, 4) is 0 Å². The molecular weight excluding hydrogens is 348 g/mol. The minimum Gasteiger partial charge on any atom is -0.258 e. The fourth-order valence-corrected chi connectivity index (χ4v) is 1.75. The Bertz CT molecular complexity index is 511. The van der Waals surface area contributed by atoms with Crippen molar-refractivity contribution in [1.82, 2.24) is 0 Å². The fourth-order valence-electron chi connectivity index (χ4n) is 1.43. The second-order valence-electron chi connectivity index (χ2n) is 3.42. The van der Waals surface area contributed by atoms with Crippen LogP contribution in [0.25, 0.3) is 0 Å². The second kappa shape index (κ2) is 4.99. The molecule has 0 saturated heterocycles. The molecule has 10 heteroatoms. The fraction of sp³-hybridized carbons (Fsp3) is 0.333. The number of benzene rings is 1. The van der Waals surface area contributed by atoms with Crippen LogP contribution in [0.5, 0.6) is 0 Å². The number of hydrogen-bond acceptors (Lipinski definition) is 2. The number of halogens is 7. The van der Waals surface area contributed by atoms with Crippen LogP contribution in [0.15, 0.2) is 12.1 Å². The summed E-state index contributed by atoms with van der Waals surface area (Å²) in [5.74, 6) is 0. The largest absolute Gasteiger partial charge is 0.423 e. The third-order valence-electron chi connectivity index (χ3n) is 2.12. The first-order chi connectivity index (χ1) is 8.48. The summed E-state index contributed by atoms with van der Waals surface area (Å²) in [5, 5.41) is 10.3. The van der Waals surface area contributed by atoms with E-state index in [-0.39, 0.29) is 17.0 Å². The van der Waals surface area contributed by atoms with Crippen LogP contribution in [-0.2, 0) is 17.7 Å². The Hall–Kier alpha value is -1.32. The summed E-state index contributed by atoms with van der Waals surface area (Å²) in [4.78, 5) is 9.06. The standard InChI is InChI=1S/C9H4BrF6NO2/c10-3-4-1-5(8(11,12)13)7(9(14,15)16)6(2-4)17(18)19/h1-2H,3H2. The number of nitro benzene ring substituents is 1. The molecule has 0 unspecified atom stereocenters. The molecule has 0 radical (unpaired) electrons. The van der Waals surface area contributed by atoms with Gasteiger partial charge in [-0.25, -0.2) is 0 Å². The molecule has 0 atom stereocenters. The van der Waals surface area contributed by atoms with Gasteiger partial charge < -0.3 is 0 Å². The van der Waals surface area contributed by atoms with E-state index in [1.165, 1.54) is 0 Å². The van der Waals surface area contributed by atoms with Gasteiger partial charge in [-0.05, 0) is 11.6 Å². The van der Waals surface area contributed by atoms with Gasteiger partial charge in [0, 0.05) is 11.4 Å². The molecule has 0 saturated carbocycles. The molecule has 19 heavy (non-hydrogen) atoms. The normalized spacial score (nSPS) is 12.6. The molecule has 1 rings (SSSR count). The Kier molecular flexibility index (Phi) is 4.13. The van der Waals surface area contributed by atoms with E-state index in [1.54, 1.807) is 0 Å². The maximum atomic E-state index is 12.6. The molecule has 0 aliphatic heterocycles. The third-order valence-corrected chi connectivity index (χ3v) is 2.76. The molecule has 0 aliphatic carbocycles. The zero-order chi connectivity index (χ0) is 15.0. The van der Waals surface area contributed by atoms with E-state index >= 15 is 0 Å².